The average molecular weight is 333 g/mol. The van der Waals surface area contributed by atoms with Crippen LogP contribution in [-0.4, -0.2) is 50.7 Å². The van der Waals surface area contributed by atoms with Crippen molar-refractivity contribution in [2.75, 3.05) is 33.9 Å². The first kappa shape index (κ1) is 18.1. The van der Waals surface area contributed by atoms with Crippen LogP contribution in [0.1, 0.15) is 19.4 Å². The molecule has 1 saturated heterocycles. The number of methoxy groups -OCH3 is 2. The van der Waals surface area contributed by atoms with E-state index in [0.29, 0.717) is 13.1 Å². The minimum absolute atomic E-state index is 0.101. The third kappa shape index (κ3) is 4.40. The Morgan fingerprint density at radius 2 is 2.17 bits per heavy atom. The van der Waals surface area contributed by atoms with Gasteiger partial charge >= 0.3 is 5.97 Å². The summed E-state index contributed by atoms with van der Waals surface area (Å²) in [4.78, 5) is 18.7. The van der Waals surface area contributed by atoms with Gasteiger partial charge in [-0.1, -0.05) is 19.1 Å². The number of esters is 1. The highest BCUT2D eigenvalue weighted by atomic mass is 16.5. The molecule has 24 heavy (non-hydrogen) atoms. The Balaban J connectivity index is 2.09. The van der Waals surface area contributed by atoms with E-state index in [1.807, 2.05) is 31.2 Å². The number of ether oxygens (including phenoxy) is 2. The van der Waals surface area contributed by atoms with Gasteiger partial charge in [0.25, 0.3) is 0 Å². The van der Waals surface area contributed by atoms with Gasteiger partial charge in [-0.2, -0.15) is 0 Å². The van der Waals surface area contributed by atoms with E-state index < -0.39 is 0 Å². The third-order valence-corrected chi connectivity index (χ3v) is 4.30. The van der Waals surface area contributed by atoms with Gasteiger partial charge in [0.15, 0.2) is 5.96 Å². The lowest BCUT2D eigenvalue weighted by Crippen LogP contribution is -2.40. The zero-order valence-corrected chi connectivity index (χ0v) is 14.9. The molecule has 0 spiro atoms. The number of carbonyl (C=O) groups excluding carboxylic acids is 1. The van der Waals surface area contributed by atoms with Gasteiger partial charge in [-0.05, 0) is 30.5 Å². The molecule has 0 bridgehead atoms. The lowest BCUT2D eigenvalue weighted by atomic mass is 9.99. The SMILES string of the molecule is CCNC(=NCc1cccc(OC)c1)N1CC(C)C(C(=O)OC)C1. The Kier molecular flexibility index (Phi) is 6.46. The topological polar surface area (TPSA) is 63.2 Å². The molecule has 1 heterocycles. The number of nitrogens with one attached hydrogen (secondary N) is 1. The molecule has 1 fully saturated rings. The maximum Gasteiger partial charge on any atom is 0.310 e. The van der Waals surface area contributed by atoms with E-state index in [-0.39, 0.29) is 17.8 Å². The molecule has 6 nitrogen and oxygen atoms in total. The molecule has 1 aliphatic rings. The van der Waals surface area contributed by atoms with Crippen LogP contribution in [0.3, 0.4) is 0 Å². The number of benzene rings is 1. The Labute approximate surface area is 143 Å². The van der Waals surface area contributed by atoms with Crippen molar-refractivity contribution in [3.05, 3.63) is 29.8 Å². The summed E-state index contributed by atoms with van der Waals surface area (Å²) in [5, 5.41) is 3.31. The Morgan fingerprint density at radius 3 is 2.83 bits per heavy atom. The summed E-state index contributed by atoms with van der Waals surface area (Å²) in [6, 6.07) is 7.89. The van der Waals surface area contributed by atoms with Gasteiger partial charge in [-0.3, -0.25) is 4.79 Å². The highest BCUT2D eigenvalue weighted by molar-refractivity contribution is 5.82. The largest absolute Gasteiger partial charge is 0.497 e. The number of aliphatic imine (C=N–C) groups is 1. The van der Waals surface area contributed by atoms with Gasteiger partial charge in [0.2, 0.25) is 0 Å². The number of nitrogens with zero attached hydrogens (tertiary/aromatic N) is 2. The molecular weight excluding hydrogens is 306 g/mol. The van der Waals surface area contributed by atoms with Crippen molar-refractivity contribution in [3.63, 3.8) is 0 Å². The van der Waals surface area contributed by atoms with E-state index >= 15 is 0 Å². The fourth-order valence-corrected chi connectivity index (χ4v) is 2.96. The number of likely N-dealkylation sites (tertiary alicyclic amines) is 1. The van der Waals surface area contributed by atoms with Gasteiger partial charge in [-0.15, -0.1) is 0 Å². The molecule has 1 aromatic carbocycles. The van der Waals surface area contributed by atoms with E-state index in [0.717, 1.165) is 30.4 Å². The molecule has 1 aromatic rings. The fraction of sp³-hybridized carbons (Fsp3) is 0.556. The second-order valence-electron chi connectivity index (χ2n) is 6.03. The Bertz CT molecular complexity index is 589. The third-order valence-electron chi connectivity index (χ3n) is 4.30. The standard InChI is InChI=1S/C18H27N3O3/c1-5-19-18(20-10-14-7-6-8-15(9-14)23-3)21-11-13(2)16(12-21)17(22)24-4/h6-9,13,16H,5,10-12H2,1-4H3,(H,19,20). The quantitative estimate of drug-likeness (QED) is 0.507. The monoisotopic (exact) mass is 333 g/mol. The first-order chi connectivity index (χ1) is 11.6. The van der Waals surface area contributed by atoms with Crippen molar-refractivity contribution in [2.45, 2.75) is 20.4 Å². The lowest BCUT2D eigenvalue weighted by molar-refractivity contribution is -0.145. The van der Waals surface area contributed by atoms with Crippen LogP contribution in [0.15, 0.2) is 29.3 Å². The van der Waals surface area contributed by atoms with Gasteiger partial charge in [0, 0.05) is 19.6 Å². The summed E-state index contributed by atoms with van der Waals surface area (Å²) in [5.41, 5.74) is 1.08. The Hall–Kier alpha value is -2.24. The smallest absolute Gasteiger partial charge is 0.310 e. The molecule has 6 heteroatoms. The number of hydrogen-bond donors (Lipinski definition) is 1. The summed E-state index contributed by atoms with van der Waals surface area (Å²) < 4.78 is 10.2. The zero-order valence-electron chi connectivity index (χ0n) is 14.9. The molecule has 132 valence electrons. The van der Waals surface area contributed by atoms with Crippen LogP contribution in [0, 0.1) is 11.8 Å². The molecule has 0 saturated carbocycles. The van der Waals surface area contributed by atoms with Gasteiger partial charge < -0.3 is 19.7 Å². The summed E-state index contributed by atoms with van der Waals surface area (Å²) in [5.74, 6) is 1.66. The average Bonchev–Trinajstić information content (AvgIpc) is 2.99. The van der Waals surface area contributed by atoms with Crippen molar-refractivity contribution >= 4 is 11.9 Å². The normalized spacial score (nSPS) is 20.8. The van der Waals surface area contributed by atoms with Crippen molar-refractivity contribution in [1.29, 1.82) is 0 Å². The molecule has 0 aliphatic carbocycles. The highest BCUT2D eigenvalue weighted by Gasteiger charge is 2.36. The van der Waals surface area contributed by atoms with E-state index in [2.05, 4.69) is 17.1 Å². The van der Waals surface area contributed by atoms with Crippen LogP contribution in [0.25, 0.3) is 0 Å². The maximum atomic E-state index is 11.9. The molecule has 0 amide bonds. The van der Waals surface area contributed by atoms with Crippen LogP contribution in [0.2, 0.25) is 0 Å². The lowest BCUT2D eigenvalue weighted by Gasteiger charge is -2.21. The van der Waals surface area contributed by atoms with Crippen LogP contribution < -0.4 is 10.1 Å². The van der Waals surface area contributed by atoms with E-state index in [1.165, 1.54) is 7.11 Å². The van der Waals surface area contributed by atoms with Crippen LogP contribution >= 0.6 is 0 Å². The molecule has 1 N–H and O–H groups in total. The van der Waals surface area contributed by atoms with Crippen LogP contribution in [0.4, 0.5) is 0 Å². The first-order valence-electron chi connectivity index (χ1n) is 8.33. The molecular formula is C18H27N3O3. The minimum Gasteiger partial charge on any atom is -0.497 e. The second kappa shape index (κ2) is 8.57. The number of rotatable bonds is 5. The number of guanidine groups is 1. The highest BCUT2D eigenvalue weighted by Crippen LogP contribution is 2.24. The second-order valence-corrected chi connectivity index (χ2v) is 6.03. The van der Waals surface area contributed by atoms with Crippen molar-refractivity contribution < 1.29 is 14.3 Å². The predicted molar refractivity (Wildman–Crippen MR) is 94.1 cm³/mol. The van der Waals surface area contributed by atoms with Gasteiger partial charge in [0.1, 0.15) is 5.75 Å². The van der Waals surface area contributed by atoms with Crippen molar-refractivity contribution in [1.82, 2.24) is 10.2 Å². The molecule has 2 rings (SSSR count). The fourth-order valence-electron chi connectivity index (χ4n) is 2.96. The molecule has 2 atom stereocenters. The first-order valence-corrected chi connectivity index (χ1v) is 8.33. The predicted octanol–water partition coefficient (Wildman–Crippen LogP) is 1.90. The van der Waals surface area contributed by atoms with Crippen molar-refractivity contribution in [3.8, 4) is 5.75 Å². The van der Waals surface area contributed by atoms with Crippen LogP contribution in [-0.2, 0) is 16.1 Å². The summed E-state index contributed by atoms with van der Waals surface area (Å²) in [7, 11) is 3.10. The van der Waals surface area contributed by atoms with E-state index in [1.54, 1.807) is 7.11 Å². The Morgan fingerprint density at radius 1 is 1.38 bits per heavy atom. The van der Waals surface area contributed by atoms with Crippen molar-refractivity contribution in [2.24, 2.45) is 16.8 Å². The molecule has 1 aliphatic heterocycles. The number of hydrogen-bond acceptors (Lipinski definition) is 4. The molecule has 0 radical (unpaired) electrons. The van der Waals surface area contributed by atoms with Gasteiger partial charge in [0.05, 0.1) is 26.7 Å². The summed E-state index contributed by atoms with van der Waals surface area (Å²) in [6.45, 7) is 6.89. The van der Waals surface area contributed by atoms with Gasteiger partial charge in [-0.25, -0.2) is 4.99 Å². The maximum absolute atomic E-state index is 11.9. The molecule has 2 unspecified atom stereocenters. The summed E-state index contributed by atoms with van der Waals surface area (Å²) >= 11 is 0. The van der Waals surface area contributed by atoms with E-state index in [9.17, 15) is 4.79 Å². The van der Waals surface area contributed by atoms with E-state index in [4.69, 9.17) is 14.5 Å². The van der Waals surface area contributed by atoms with Crippen LogP contribution in [0.5, 0.6) is 5.75 Å². The molecule has 0 aromatic heterocycles. The summed E-state index contributed by atoms with van der Waals surface area (Å²) in [6.07, 6.45) is 0. The zero-order chi connectivity index (χ0) is 17.5. The minimum atomic E-state index is -0.145. The number of carbonyl (C=O) groups is 1.